The van der Waals surface area contributed by atoms with Gasteiger partial charge in [-0.3, -0.25) is 9.35 Å². The van der Waals surface area contributed by atoms with Crippen molar-refractivity contribution in [2.75, 3.05) is 19.3 Å². The summed E-state index contributed by atoms with van der Waals surface area (Å²) in [5, 5.41) is 33.3. The van der Waals surface area contributed by atoms with Crippen LogP contribution in [0.2, 0.25) is 0 Å². The van der Waals surface area contributed by atoms with Crippen LogP contribution in [-0.4, -0.2) is 76.8 Å². The van der Waals surface area contributed by atoms with E-state index < -0.39 is 28.1 Å². The van der Waals surface area contributed by atoms with Gasteiger partial charge in [0.15, 0.2) is 0 Å². The maximum absolute atomic E-state index is 12.6. The van der Waals surface area contributed by atoms with Crippen molar-refractivity contribution in [3.05, 3.63) is 0 Å². The van der Waals surface area contributed by atoms with Gasteiger partial charge in [0, 0.05) is 20.0 Å². The van der Waals surface area contributed by atoms with E-state index in [1.807, 2.05) is 0 Å². The van der Waals surface area contributed by atoms with Crippen molar-refractivity contribution < 1.29 is 33.1 Å². The summed E-state index contributed by atoms with van der Waals surface area (Å²) in [5.41, 5.74) is -0.257. The lowest BCUT2D eigenvalue weighted by Crippen LogP contribution is -2.62. The van der Waals surface area contributed by atoms with E-state index >= 15 is 0 Å². The van der Waals surface area contributed by atoms with Crippen LogP contribution in [0, 0.1) is 46.3 Å². The molecule has 0 saturated heterocycles. The van der Waals surface area contributed by atoms with Gasteiger partial charge in [-0.05, 0) is 97.7 Å². The SMILES string of the molecule is C[C@H](CCC(=O)N(C)CCS(=O)(=O)O)[C@H]1CCC2C3C(C[C@H](O)[C@@]21C)[C@@]1(C)CC[C@@H](O)CC1C[C@H]3O.N. The zero-order chi connectivity index (χ0) is 26.6. The Balaban J connectivity index is 0.00000380. The summed E-state index contributed by atoms with van der Waals surface area (Å²) < 4.78 is 30.9. The van der Waals surface area contributed by atoms with Crippen LogP contribution in [0.25, 0.3) is 0 Å². The van der Waals surface area contributed by atoms with E-state index in [-0.39, 0.29) is 65.1 Å². The van der Waals surface area contributed by atoms with Crippen molar-refractivity contribution in [2.24, 2.45) is 46.3 Å². The van der Waals surface area contributed by atoms with Crippen LogP contribution < -0.4 is 6.15 Å². The summed E-state index contributed by atoms with van der Waals surface area (Å²) in [6, 6.07) is 0. The molecule has 0 aromatic heterocycles. The molecule has 0 radical (unpaired) electrons. The second kappa shape index (κ2) is 11.0. The molecule has 7 N–H and O–H groups in total. The third-order valence-electron chi connectivity index (χ3n) is 11.4. The van der Waals surface area contributed by atoms with Gasteiger partial charge in [-0.2, -0.15) is 8.42 Å². The minimum atomic E-state index is -4.11. The molecule has 0 bridgehead atoms. The molecule has 1 amide bonds. The lowest BCUT2D eigenvalue weighted by Gasteiger charge is -2.63. The molecule has 4 rings (SSSR count). The molecule has 4 unspecified atom stereocenters. The van der Waals surface area contributed by atoms with E-state index in [1.54, 1.807) is 7.05 Å². The number of nitrogens with zero attached hydrogens (tertiary/aromatic N) is 1. The van der Waals surface area contributed by atoms with Crippen molar-refractivity contribution in [3.63, 3.8) is 0 Å². The number of aliphatic hydroxyl groups is 3. The summed E-state index contributed by atoms with van der Waals surface area (Å²) in [7, 11) is -2.55. The summed E-state index contributed by atoms with van der Waals surface area (Å²) in [4.78, 5) is 13.9. The fourth-order valence-electron chi connectivity index (χ4n) is 9.25. The third-order valence-corrected chi connectivity index (χ3v) is 12.1. The van der Waals surface area contributed by atoms with Crippen LogP contribution in [0.5, 0.6) is 0 Å². The minimum Gasteiger partial charge on any atom is -0.393 e. The molecule has 4 aliphatic carbocycles. The third kappa shape index (κ3) is 5.61. The lowest BCUT2D eigenvalue weighted by molar-refractivity contribution is -0.207. The Hall–Kier alpha value is -0.780. The predicted octanol–water partition coefficient (Wildman–Crippen LogP) is 2.87. The zero-order valence-electron chi connectivity index (χ0n) is 23.1. The van der Waals surface area contributed by atoms with E-state index in [1.165, 1.54) is 4.90 Å². The van der Waals surface area contributed by atoms with Gasteiger partial charge in [-0.15, -0.1) is 0 Å². The molecule has 4 aliphatic rings. The summed E-state index contributed by atoms with van der Waals surface area (Å²) in [6.45, 7) is 6.66. The van der Waals surface area contributed by atoms with E-state index in [4.69, 9.17) is 4.55 Å². The van der Waals surface area contributed by atoms with Gasteiger partial charge >= 0.3 is 0 Å². The van der Waals surface area contributed by atoms with Crippen molar-refractivity contribution in [1.29, 1.82) is 0 Å². The van der Waals surface area contributed by atoms with Crippen LogP contribution >= 0.6 is 0 Å². The van der Waals surface area contributed by atoms with Gasteiger partial charge in [0.1, 0.15) is 0 Å². The first kappa shape index (κ1) is 30.8. The molecule has 0 aromatic carbocycles. The fourth-order valence-corrected chi connectivity index (χ4v) is 9.76. The number of fused-ring (bicyclic) bond motifs is 5. The molecule has 0 heterocycles. The largest absolute Gasteiger partial charge is 0.393 e. The first-order chi connectivity index (χ1) is 16.7. The average Bonchev–Trinajstić information content (AvgIpc) is 3.15. The quantitative estimate of drug-likeness (QED) is 0.303. The highest BCUT2D eigenvalue weighted by Gasteiger charge is 2.65. The monoisotopic (exact) mass is 546 g/mol. The van der Waals surface area contributed by atoms with E-state index in [9.17, 15) is 28.5 Å². The Bertz CT molecular complexity index is 932. The zero-order valence-corrected chi connectivity index (χ0v) is 23.9. The molecule has 0 aliphatic heterocycles. The second-order valence-electron chi connectivity index (χ2n) is 13.1. The standard InChI is InChI=1S/C27H47NO7S.H3N/c1-16(5-8-24(32)28(4)11-12-36(33,34)35)19-6-7-20-25-21(15-23(31)27(19,20)3)26(2)10-9-18(29)13-17(26)14-22(25)30;/h16-23,25,29-31H,5-15H2,1-4H3,(H,33,34,35);1H3/t16-,17?,18-,19-,20?,21?,22-,23+,25?,26+,27-;/m1./s1. The van der Waals surface area contributed by atoms with Gasteiger partial charge in [-0.25, -0.2) is 0 Å². The molecular formula is C27H50N2O7S. The number of hydrogen-bond donors (Lipinski definition) is 5. The van der Waals surface area contributed by atoms with Crippen LogP contribution in [0.4, 0.5) is 0 Å². The molecule has 216 valence electrons. The minimum absolute atomic E-state index is 0. The molecule has 11 atom stereocenters. The highest BCUT2D eigenvalue weighted by molar-refractivity contribution is 7.85. The van der Waals surface area contributed by atoms with E-state index in [0.717, 1.165) is 38.5 Å². The second-order valence-corrected chi connectivity index (χ2v) is 14.7. The first-order valence-corrected chi connectivity index (χ1v) is 15.5. The maximum atomic E-state index is 12.6. The highest BCUT2D eigenvalue weighted by atomic mass is 32.2. The Morgan fingerprint density at radius 3 is 2.38 bits per heavy atom. The van der Waals surface area contributed by atoms with Crippen molar-refractivity contribution in [3.8, 4) is 0 Å². The number of rotatable bonds is 7. The van der Waals surface area contributed by atoms with E-state index in [0.29, 0.717) is 25.2 Å². The maximum Gasteiger partial charge on any atom is 0.266 e. The molecule has 4 saturated carbocycles. The molecular weight excluding hydrogens is 496 g/mol. The smallest absolute Gasteiger partial charge is 0.266 e. The van der Waals surface area contributed by atoms with Gasteiger partial charge in [0.25, 0.3) is 10.1 Å². The molecule has 9 nitrogen and oxygen atoms in total. The molecule has 4 fully saturated rings. The lowest BCUT2D eigenvalue weighted by atomic mass is 9.43. The predicted molar refractivity (Wildman–Crippen MR) is 141 cm³/mol. The van der Waals surface area contributed by atoms with Gasteiger partial charge in [0.2, 0.25) is 5.91 Å². The normalized spacial score (nSPS) is 44.1. The number of amides is 1. The number of hydrogen-bond acceptors (Lipinski definition) is 7. The number of carbonyl (C=O) groups excluding carboxylic acids is 1. The topological polar surface area (TPSA) is 170 Å². The fraction of sp³-hybridized carbons (Fsp3) is 0.963. The van der Waals surface area contributed by atoms with Crippen molar-refractivity contribution >= 4 is 16.0 Å². The molecule has 10 heteroatoms. The van der Waals surface area contributed by atoms with E-state index in [2.05, 4.69) is 20.8 Å². The van der Waals surface area contributed by atoms with Crippen molar-refractivity contribution in [2.45, 2.75) is 96.9 Å². The molecule has 37 heavy (non-hydrogen) atoms. The Morgan fingerprint density at radius 2 is 1.73 bits per heavy atom. The Kier molecular flexibility index (Phi) is 9.15. The van der Waals surface area contributed by atoms with Gasteiger partial charge < -0.3 is 26.4 Å². The summed E-state index contributed by atoms with van der Waals surface area (Å²) in [6.07, 6.45) is 5.71. The first-order valence-electron chi connectivity index (χ1n) is 13.9. The average molecular weight is 547 g/mol. The Labute approximate surface area is 222 Å². The highest BCUT2D eigenvalue weighted by Crippen LogP contribution is 2.68. The van der Waals surface area contributed by atoms with Crippen LogP contribution in [-0.2, 0) is 14.9 Å². The van der Waals surface area contributed by atoms with Crippen molar-refractivity contribution in [1.82, 2.24) is 11.1 Å². The summed E-state index contributed by atoms with van der Waals surface area (Å²) in [5.74, 6) is 0.817. The summed E-state index contributed by atoms with van der Waals surface area (Å²) >= 11 is 0. The van der Waals surface area contributed by atoms with Crippen LogP contribution in [0.3, 0.4) is 0 Å². The molecule has 0 aromatic rings. The molecule has 0 spiro atoms. The van der Waals surface area contributed by atoms with Gasteiger partial charge in [-0.1, -0.05) is 20.8 Å². The van der Waals surface area contributed by atoms with Crippen LogP contribution in [0.1, 0.15) is 78.6 Å². The number of carbonyl (C=O) groups is 1. The number of aliphatic hydroxyl groups excluding tert-OH is 3. The van der Waals surface area contributed by atoms with Crippen LogP contribution in [0.15, 0.2) is 0 Å². The van der Waals surface area contributed by atoms with Gasteiger partial charge in [0.05, 0.1) is 24.1 Å². The Morgan fingerprint density at radius 1 is 1.05 bits per heavy atom.